The number of ether oxygens (including phenoxy) is 2. The molecule has 0 radical (unpaired) electrons. The third-order valence-electron chi connectivity index (χ3n) is 3.49. The minimum Gasteiger partial charge on any atom is -0.495 e. The number of hydrogen-bond acceptors (Lipinski definition) is 3. The Balaban J connectivity index is 2.20. The van der Waals surface area contributed by atoms with E-state index < -0.39 is 0 Å². The van der Waals surface area contributed by atoms with E-state index in [0.29, 0.717) is 5.02 Å². The number of hydrogen-bond donors (Lipinski definition) is 1. The van der Waals surface area contributed by atoms with Gasteiger partial charge in [-0.1, -0.05) is 24.6 Å². The smallest absolute Gasteiger partial charge is 0.137 e. The highest BCUT2D eigenvalue weighted by molar-refractivity contribution is 6.32. The fourth-order valence-electron chi connectivity index (χ4n) is 2.50. The molecule has 1 aromatic carbocycles. The standard InChI is InChI=1S/C15H22ClNO2/c1-3-8-17-15(13-5-4-9-19-13)11-6-7-12(16)14(10-11)18-2/h6-7,10,13,15,17H,3-5,8-9H2,1-2H3. The minimum absolute atomic E-state index is 0.216. The number of methoxy groups -OCH3 is 1. The lowest BCUT2D eigenvalue weighted by molar-refractivity contribution is 0.0782. The van der Waals surface area contributed by atoms with E-state index in [4.69, 9.17) is 21.1 Å². The first-order valence-corrected chi connectivity index (χ1v) is 7.32. The first-order valence-electron chi connectivity index (χ1n) is 6.94. The van der Waals surface area contributed by atoms with Gasteiger partial charge < -0.3 is 14.8 Å². The fourth-order valence-corrected chi connectivity index (χ4v) is 2.69. The second-order valence-electron chi connectivity index (χ2n) is 4.88. The van der Waals surface area contributed by atoms with E-state index in [2.05, 4.69) is 18.3 Å². The van der Waals surface area contributed by atoms with E-state index in [-0.39, 0.29) is 12.1 Å². The van der Waals surface area contributed by atoms with Crippen LogP contribution in [0.5, 0.6) is 5.75 Å². The summed E-state index contributed by atoms with van der Waals surface area (Å²) in [5.41, 5.74) is 1.18. The summed E-state index contributed by atoms with van der Waals surface area (Å²) in [6.07, 6.45) is 3.59. The van der Waals surface area contributed by atoms with Crippen LogP contribution in [0.1, 0.15) is 37.8 Å². The molecule has 0 amide bonds. The fraction of sp³-hybridized carbons (Fsp3) is 0.600. The van der Waals surface area contributed by atoms with Crippen molar-refractivity contribution in [2.75, 3.05) is 20.3 Å². The Labute approximate surface area is 120 Å². The van der Waals surface area contributed by atoms with Gasteiger partial charge in [0, 0.05) is 6.61 Å². The minimum atomic E-state index is 0.216. The van der Waals surface area contributed by atoms with Crippen LogP contribution in [0.25, 0.3) is 0 Å². The van der Waals surface area contributed by atoms with Gasteiger partial charge in [0.1, 0.15) is 5.75 Å². The predicted molar refractivity (Wildman–Crippen MR) is 78.0 cm³/mol. The van der Waals surface area contributed by atoms with Gasteiger partial charge in [0.25, 0.3) is 0 Å². The van der Waals surface area contributed by atoms with Gasteiger partial charge >= 0.3 is 0 Å². The second kappa shape index (κ2) is 7.13. The highest BCUT2D eigenvalue weighted by Gasteiger charge is 2.27. The molecular formula is C15H22ClNO2. The van der Waals surface area contributed by atoms with Gasteiger partial charge in [-0.2, -0.15) is 0 Å². The molecule has 4 heteroatoms. The normalized spacial score (nSPS) is 20.5. The topological polar surface area (TPSA) is 30.5 Å². The predicted octanol–water partition coefficient (Wildman–Crippen LogP) is 3.57. The molecular weight excluding hydrogens is 262 g/mol. The average molecular weight is 284 g/mol. The molecule has 1 saturated heterocycles. The number of rotatable bonds is 6. The maximum atomic E-state index is 6.09. The van der Waals surface area contributed by atoms with E-state index in [1.807, 2.05) is 12.1 Å². The van der Waals surface area contributed by atoms with Crippen molar-refractivity contribution >= 4 is 11.6 Å². The molecule has 0 spiro atoms. The molecule has 0 aromatic heterocycles. The lowest BCUT2D eigenvalue weighted by atomic mass is 9.99. The molecule has 1 heterocycles. The summed E-state index contributed by atoms with van der Waals surface area (Å²) < 4.78 is 11.1. The maximum Gasteiger partial charge on any atom is 0.137 e. The quantitative estimate of drug-likeness (QED) is 0.866. The third-order valence-corrected chi connectivity index (χ3v) is 3.80. The van der Waals surface area contributed by atoms with Crippen molar-refractivity contribution in [1.82, 2.24) is 5.32 Å². The lowest BCUT2D eigenvalue weighted by Gasteiger charge is -2.25. The number of halogens is 1. The van der Waals surface area contributed by atoms with Crippen LogP contribution in [-0.2, 0) is 4.74 Å². The molecule has 1 N–H and O–H groups in total. The Morgan fingerprint density at radius 2 is 2.37 bits per heavy atom. The summed E-state index contributed by atoms with van der Waals surface area (Å²) in [6, 6.07) is 6.18. The zero-order chi connectivity index (χ0) is 13.7. The van der Waals surface area contributed by atoms with Crippen LogP contribution in [0, 0.1) is 0 Å². The van der Waals surface area contributed by atoms with Crippen LogP contribution < -0.4 is 10.1 Å². The van der Waals surface area contributed by atoms with E-state index in [1.165, 1.54) is 5.56 Å². The SMILES string of the molecule is CCCNC(c1ccc(Cl)c(OC)c1)C1CCCO1. The van der Waals surface area contributed by atoms with Crippen molar-refractivity contribution in [3.05, 3.63) is 28.8 Å². The molecule has 2 unspecified atom stereocenters. The summed E-state index contributed by atoms with van der Waals surface area (Å²) in [6.45, 7) is 4.01. The van der Waals surface area contributed by atoms with Crippen molar-refractivity contribution in [2.45, 2.75) is 38.3 Å². The van der Waals surface area contributed by atoms with Gasteiger partial charge in [-0.3, -0.25) is 0 Å². The van der Waals surface area contributed by atoms with Crippen molar-refractivity contribution < 1.29 is 9.47 Å². The number of benzene rings is 1. The van der Waals surface area contributed by atoms with E-state index in [9.17, 15) is 0 Å². The first-order chi connectivity index (χ1) is 9.26. The van der Waals surface area contributed by atoms with Gasteiger partial charge in [-0.15, -0.1) is 0 Å². The summed E-state index contributed by atoms with van der Waals surface area (Å²) in [5, 5.41) is 4.22. The molecule has 1 aromatic rings. The van der Waals surface area contributed by atoms with Crippen molar-refractivity contribution in [1.29, 1.82) is 0 Å². The molecule has 1 aliphatic heterocycles. The van der Waals surface area contributed by atoms with Crippen LogP contribution in [0.3, 0.4) is 0 Å². The molecule has 0 saturated carbocycles. The molecule has 19 heavy (non-hydrogen) atoms. The molecule has 0 bridgehead atoms. The Bertz CT molecular complexity index is 405. The van der Waals surface area contributed by atoms with Crippen LogP contribution in [0.2, 0.25) is 5.02 Å². The highest BCUT2D eigenvalue weighted by Crippen LogP contribution is 2.32. The Hall–Kier alpha value is -0.770. The molecule has 1 fully saturated rings. The molecule has 2 rings (SSSR count). The average Bonchev–Trinajstić information content (AvgIpc) is 2.95. The summed E-state index contributed by atoms with van der Waals surface area (Å²) in [5.74, 6) is 0.723. The Kier molecular flexibility index (Phi) is 5.49. The Morgan fingerprint density at radius 3 is 3.00 bits per heavy atom. The van der Waals surface area contributed by atoms with E-state index in [1.54, 1.807) is 7.11 Å². The highest BCUT2D eigenvalue weighted by atomic mass is 35.5. The van der Waals surface area contributed by atoms with Gasteiger partial charge in [0.05, 0.1) is 24.3 Å². The van der Waals surface area contributed by atoms with E-state index >= 15 is 0 Å². The molecule has 0 aliphatic carbocycles. The van der Waals surface area contributed by atoms with Crippen molar-refractivity contribution in [3.8, 4) is 5.75 Å². The Morgan fingerprint density at radius 1 is 1.53 bits per heavy atom. The zero-order valence-corrected chi connectivity index (χ0v) is 12.4. The zero-order valence-electron chi connectivity index (χ0n) is 11.6. The van der Waals surface area contributed by atoms with Gasteiger partial charge in [0.2, 0.25) is 0 Å². The first kappa shape index (κ1) is 14.6. The third kappa shape index (κ3) is 3.62. The summed E-state index contributed by atoms with van der Waals surface area (Å²) >= 11 is 6.09. The molecule has 1 aliphatic rings. The van der Waals surface area contributed by atoms with Crippen LogP contribution in [0.15, 0.2) is 18.2 Å². The van der Waals surface area contributed by atoms with Gasteiger partial charge in [-0.25, -0.2) is 0 Å². The van der Waals surface area contributed by atoms with Gasteiger partial charge in [-0.05, 0) is 43.5 Å². The van der Waals surface area contributed by atoms with Gasteiger partial charge in [0.15, 0.2) is 0 Å². The summed E-state index contributed by atoms with van der Waals surface area (Å²) in [7, 11) is 1.64. The molecule has 3 nitrogen and oxygen atoms in total. The molecule has 2 atom stereocenters. The molecule has 106 valence electrons. The van der Waals surface area contributed by atoms with E-state index in [0.717, 1.165) is 38.2 Å². The van der Waals surface area contributed by atoms with Crippen LogP contribution >= 0.6 is 11.6 Å². The van der Waals surface area contributed by atoms with Crippen LogP contribution in [0.4, 0.5) is 0 Å². The summed E-state index contributed by atoms with van der Waals surface area (Å²) in [4.78, 5) is 0. The second-order valence-corrected chi connectivity index (χ2v) is 5.28. The largest absolute Gasteiger partial charge is 0.495 e. The van der Waals surface area contributed by atoms with Crippen molar-refractivity contribution in [3.63, 3.8) is 0 Å². The van der Waals surface area contributed by atoms with Crippen LogP contribution in [-0.4, -0.2) is 26.4 Å². The lowest BCUT2D eigenvalue weighted by Crippen LogP contribution is -2.32. The maximum absolute atomic E-state index is 6.09. The number of nitrogens with one attached hydrogen (secondary N) is 1. The van der Waals surface area contributed by atoms with Crippen molar-refractivity contribution in [2.24, 2.45) is 0 Å². The monoisotopic (exact) mass is 283 g/mol.